The Hall–Kier alpha value is -2.18. The molecular weight excluding hydrogens is 274 g/mol. The first-order valence-electron chi connectivity index (χ1n) is 6.06. The van der Waals surface area contributed by atoms with Crippen molar-refractivity contribution in [3.05, 3.63) is 66.2 Å². The molecule has 6 heteroatoms. The molecule has 1 heterocycles. The molecule has 3 aromatic rings. The lowest BCUT2D eigenvalue weighted by Gasteiger charge is -2.02. The van der Waals surface area contributed by atoms with E-state index in [1.165, 1.54) is 17.9 Å². The summed E-state index contributed by atoms with van der Waals surface area (Å²) in [5.74, 6) is 0. The van der Waals surface area contributed by atoms with Gasteiger partial charge in [-0.2, -0.15) is 8.42 Å². The zero-order chi connectivity index (χ0) is 14.2. The fourth-order valence-corrected chi connectivity index (χ4v) is 2.58. The molecule has 0 saturated heterocycles. The Bertz CT molecular complexity index is 869. The Kier molecular flexibility index (Phi) is 3.04. The second-order valence-electron chi connectivity index (χ2n) is 4.60. The summed E-state index contributed by atoms with van der Waals surface area (Å²) in [6.07, 6.45) is 3.21. The Morgan fingerprint density at radius 3 is 2.55 bits per heavy atom. The van der Waals surface area contributed by atoms with Crippen molar-refractivity contribution in [1.82, 2.24) is 8.96 Å². The Morgan fingerprint density at radius 2 is 1.85 bits per heavy atom. The number of nitrogens with zero attached hydrogens (tertiary/aromatic N) is 2. The van der Waals surface area contributed by atoms with Crippen LogP contribution in [0.25, 0.3) is 10.8 Å². The molecule has 1 aromatic heterocycles. The topological polar surface area (TPSA) is 78.0 Å². The van der Waals surface area contributed by atoms with Gasteiger partial charge in [-0.25, -0.2) is 14.1 Å². The molecule has 3 rings (SSSR count). The van der Waals surface area contributed by atoms with E-state index in [9.17, 15) is 8.42 Å². The lowest BCUT2D eigenvalue weighted by atomic mass is 10.0. The SMILES string of the molecule is NS(=O)(=O)n1cnc(Cc2ccc3ccccc3c2)c1. The lowest BCUT2D eigenvalue weighted by Crippen LogP contribution is -2.20. The van der Waals surface area contributed by atoms with E-state index in [2.05, 4.69) is 17.1 Å². The molecule has 0 aliphatic heterocycles. The second kappa shape index (κ2) is 4.73. The first kappa shape index (κ1) is 12.8. The fraction of sp³-hybridized carbons (Fsp3) is 0.0714. The summed E-state index contributed by atoms with van der Waals surface area (Å²) in [5, 5.41) is 7.35. The molecule has 5 nitrogen and oxygen atoms in total. The first-order chi connectivity index (χ1) is 9.52. The van der Waals surface area contributed by atoms with Gasteiger partial charge in [0.15, 0.2) is 0 Å². The van der Waals surface area contributed by atoms with E-state index >= 15 is 0 Å². The molecule has 0 amide bonds. The maximum absolute atomic E-state index is 11.2. The van der Waals surface area contributed by atoms with E-state index in [-0.39, 0.29) is 0 Å². The minimum Gasteiger partial charge on any atom is -0.240 e. The molecule has 20 heavy (non-hydrogen) atoms. The van der Waals surface area contributed by atoms with Gasteiger partial charge in [0.25, 0.3) is 0 Å². The van der Waals surface area contributed by atoms with Gasteiger partial charge in [-0.15, -0.1) is 0 Å². The summed E-state index contributed by atoms with van der Waals surface area (Å²) in [6.45, 7) is 0. The first-order valence-corrected chi connectivity index (χ1v) is 7.56. The van der Waals surface area contributed by atoms with Gasteiger partial charge in [0.2, 0.25) is 0 Å². The average Bonchev–Trinajstić information content (AvgIpc) is 2.87. The summed E-state index contributed by atoms with van der Waals surface area (Å²) >= 11 is 0. The summed E-state index contributed by atoms with van der Waals surface area (Å²) in [6, 6.07) is 14.2. The van der Waals surface area contributed by atoms with E-state index in [1.54, 1.807) is 0 Å². The number of benzene rings is 2. The van der Waals surface area contributed by atoms with E-state index in [4.69, 9.17) is 5.14 Å². The van der Waals surface area contributed by atoms with Crippen molar-refractivity contribution in [3.63, 3.8) is 0 Å². The number of fused-ring (bicyclic) bond motifs is 1. The standard InChI is InChI=1S/C14H13N3O2S/c15-20(18,19)17-9-14(16-10-17)8-11-5-6-12-3-1-2-4-13(12)7-11/h1-7,9-10H,8H2,(H2,15,18,19). The van der Waals surface area contributed by atoms with Crippen molar-refractivity contribution >= 4 is 21.0 Å². The van der Waals surface area contributed by atoms with Crippen LogP contribution in [0.5, 0.6) is 0 Å². The van der Waals surface area contributed by atoms with Crippen LogP contribution in [0.4, 0.5) is 0 Å². The molecule has 0 saturated carbocycles. The van der Waals surface area contributed by atoms with Gasteiger partial charge in [-0.3, -0.25) is 0 Å². The van der Waals surface area contributed by atoms with Gasteiger partial charge in [0.05, 0.1) is 5.69 Å². The molecule has 0 fully saturated rings. The predicted molar refractivity (Wildman–Crippen MR) is 77.5 cm³/mol. The Labute approximate surface area is 116 Å². The van der Waals surface area contributed by atoms with Crippen LogP contribution in [0, 0.1) is 0 Å². The van der Waals surface area contributed by atoms with Crippen LogP contribution in [0.1, 0.15) is 11.3 Å². The van der Waals surface area contributed by atoms with E-state index < -0.39 is 10.2 Å². The zero-order valence-electron chi connectivity index (χ0n) is 10.6. The van der Waals surface area contributed by atoms with Gasteiger partial charge in [0.1, 0.15) is 6.33 Å². The normalized spacial score (nSPS) is 11.8. The summed E-state index contributed by atoms with van der Waals surface area (Å²) < 4.78 is 23.3. The van der Waals surface area contributed by atoms with Crippen molar-refractivity contribution in [3.8, 4) is 0 Å². The van der Waals surface area contributed by atoms with Crippen molar-refractivity contribution in [1.29, 1.82) is 0 Å². The zero-order valence-corrected chi connectivity index (χ0v) is 11.4. The fourth-order valence-electron chi connectivity index (χ4n) is 2.13. The highest BCUT2D eigenvalue weighted by Crippen LogP contribution is 2.17. The molecule has 0 spiro atoms. The number of rotatable bonds is 3. The second-order valence-corrected chi connectivity index (χ2v) is 6.05. The van der Waals surface area contributed by atoms with Gasteiger partial charge in [0, 0.05) is 12.6 Å². The maximum atomic E-state index is 11.2. The third-order valence-corrected chi connectivity index (χ3v) is 3.89. The van der Waals surface area contributed by atoms with Crippen molar-refractivity contribution in [2.75, 3.05) is 0 Å². The summed E-state index contributed by atoms with van der Waals surface area (Å²) in [7, 11) is -3.75. The molecule has 0 bridgehead atoms. The van der Waals surface area contributed by atoms with E-state index in [1.807, 2.05) is 30.3 Å². The predicted octanol–water partition coefficient (Wildman–Crippen LogP) is 1.68. The highest BCUT2D eigenvalue weighted by atomic mass is 32.2. The van der Waals surface area contributed by atoms with Crippen molar-refractivity contribution in [2.45, 2.75) is 6.42 Å². The van der Waals surface area contributed by atoms with Crippen LogP contribution in [-0.4, -0.2) is 17.4 Å². The molecule has 2 aromatic carbocycles. The van der Waals surface area contributed by atoms with Crippen LogP contribution in [-0.2, 0) is 16.6 Å². The monoisotopic (exact) mass is 287 g/mol. The average molecular weight is 287 g/mol. The van der Waals surface area contributed by atoms with Crippen LogP contribution in [0.15, 0.2) is 55.0 Å². The molecular formula is C14H13N3O2S. The van der Waals surface area contributed by atoms with Crippen LogP contribution in [0.2, 0.25) is 0 Å². The molecule has 0 aliphatic carbocycles. The van der Waals surface area contributed by atoms with Crippen molar-refractivity contribution in [2.24, 2.45) is 5.14 Å². The molecule has 0 aliphatic rings. The van der Waals surface area contributed by atoms with Crippen LogP contribution < -0.4 is 5.14 Å². The molecule has 0 unspecified atom stereocenters. The number of nitrogens with two attached hydrogens (primary N) is 1. The highest BCUT2D eigenvalue weighted by molar-refractivity contribution is 7.87. The molecule has 102 valence electrons. The number of hydrogen-bond donors (Lipinski definition) is 1. The smallest absolute Gasteiger partial charge is 0.240 e. The maximum Gasteiger partial charge on any atom is 0.303 e. The quantitative estimate of drug-likeness (QED) is 0.796. The third kappa shape index (κ3) is 2.56. The van der Waals surface area contributed by atoms with E-state index in [0.29, 0.717) is 12.1 Å². The molecule has 0 radical (unpaired) electrons. The number of imidazole rings is 1. The van der Waals surface area contributed by atoms with Crippen LogP contribution >= 0.6 is 0 Å². The van der Waals surface area contributed by atoms with Gasteiger partial charge in [-0.05, 0) is 16.3 Å². The van der Waals surface area contributed by atoms with E-state index in [0.717, 1.165) is 14.9 Å². The highest BCUT2D eigenvalue weighted by Gasteiger charge is 2.08. The largest absolute Gasteiger partial charge is 0.303 e. The minimum atomic E-state index is -3.75. The molecule has 2 N–H and O–H groups in total. The van der Waals surface area contributed by atoms with Gasteiger partial charge >= 0.3 is 10.2 Å². The third-order valence-electron chi connectivity index (χ3n) is 3.11. The number of hydrogen-bond acceptors (Lipinski definition) is 3. The Balaban J connectivity index is 1.91. The minimum absolute atomic E-state index is 0.563. The van der Waals surface area contributed by atoms with Crippen LogP contribution in [0.3, 0.4) is 0 Å². The number of aromatic nitrogens is 2. The van der Waals surface area contributed by atoms with Crippen molar-refractivity contribution < 1.29 is 8.42 Å². The van der Waals surface area contributed by atoms with Gasteiger partial charge < -0.3 is 0 Å². The lowest BCUT2D eigenvalue weighted by molar-refractivity contribution is 0.589. The Morgan fingerprint density at radius 1 is 1.10 bits per heavy atom. The molecule has 0 atom stereocenters. The summed E-state index contributed by atoms with van der Waals surface area (Å²) in [4.78, 5) is 4.06. The summed E-state index contributed by atoms with van der Waals surface area (Å²) in [5.41, 5.74) is 1.73. The van der Waals surface area contributed by atoms with Gasteiger partial charge in [-0.1, -0.05) is 42.5 Å².